The summed E-state index contributed by atoms with van der Waals surface area (Å²) in [6.07, 6.45) is -2.97. The summed E-state index contributed by atoms with van der Waals surface area (Å²) in [6, 6.07) is 2.75. The zero-order valence-electron chi connectivity index (χ0n) is 13.4. The molecule has 24 heavy (non-hydrogen) atoms. The molecule has 0 saturated carbocycles. The number of ether oxygens (including phenoxy) is 1. The summed E-state index contributed by atoms with van der Waals surface area (Å²) in [4.78, 5) is 2.18. The molecule has 0 amide bonds. The number of hydrogen-bond donors (Lipinski definition) is 1. The largest absolute Gasteiger partial charge is 0.416 e. The van der Waals surface area contributed by atoms with Crippen molar-refractivity contribution in [1.29, 1.82) is 0 Å². The maximum Gasteiger partial charge on any atom is 0.416 e. The van der Waals surface area contributed by atoms with Crippen LogP contribution in [-0.2, 0) is 10.9 Å². The fraction of sp³-hybridized carbons (Fsp3) is 0.647. The summed E-state index contributed by atoms with van der Waals surface area (Å²) < 4.78 is 58.5. The van der Waals surface area contributed by atoms with Gasteiger partial charge < -0.3 is 10.1 Å². The van der Waals surface area contributed by atoms with Crippen LogP contribution < -0.4 is 5.32 Å². The van der Waals surface area contributed by atoms with Crippen LogP contribution in [-0.4, -0.2) is 44.3 Å². The standard InChI is InChI=1S/C17H22F4N2O/c18-15-10-13(9-14(11-15)17(19,20)21)16(12-1-7-24-8-2-12)23-5-3-22-4-6-23/h9-12,16,22H,1-8H2/t16-/m0/s1. The highest BCUT2D eigenvalue weighted by molar-refractivity contribution is 5.30. The van der Waals surface area contributed by atoms with Gasteiger partial charge in [-0.25, -0.2) is 4.39 Å². The average molecular weight is 346 g/mol. The van der Waals surface area contributed by atoms with Crippen molar-refractivity contribution in [2.75, 3.05) is 39.4 Å². The summed E-state index contributed by atoms with van der Waals surface area (Å²) >= 11 is 0. The lowest BCUT2D eigenvalue weighted by Crippen LogP contribution is -2.47. The first-order valence-corrected chi connectivity index (χ1v) is 8.35. The van der Waals surface area contributed by atoms with Gasteiger partial charge in [0.15, 0.2) is 0 Å². The molecular weight excluding hydrogens is 324 g/mol. The molecule has 2 aliphatic rings. The summed E-state index contributed by atoms with van der Waals surface area (Å²) in [7, 11) is 0. The van der Waals surface area contributed by atoms with Crippen molar-refractivity contribution in [3.63, 3.8) is 0 Å². The van der Waals surface area contributed by atoms with Gasteiger partial charge in [-0.2, -0.15) is 13.2 Å². The Balaban J connectivity index is 1.96. The Hall–Kier alpha value is -1.18. The lowest BCUT2D eigenvalue weighted by Gasteiger charge is -2.41. The minimum atomic E-state index is -4.54. The molecule has 1 N–H and O–H groups in total. The van der Waals surface area contributed by atoms with E-state index in [-0.39, 0.29) is 12.0 Å². The summed E-state index contributed by atoms with van der Waals surface area (Å²) in [5, 5.41) is 3.25. The Morgan fingerprint density at radius 1 is 1.08 bits per heavy atom. The molecule has 3 rings (SSSR count). The van der Waals surface area contributed by atoms with Crippen LogP contribution in [0.5, 0.6) is 0 Å². The second kappa shape index (κ2) is 7.37. The molecule has 2 fully saturated rings. The summed E-state index contributed by atoms with van der Waals surface area (Å²) in [6.45, 7) is 4.30. The molecule has 1 atom stereocenters. The van der Waals surface area contributed by atoms with E-state index in [4.69, 9.17) is 4.74 Å². The third-order valence-corrected chi connectivity index (χ3v) is 4.85. The third kappa shape index (κ3) is 4.07. The molecule has 1 aromatic carbocycles. The van der Waals surface area contributed by atoms with Gasteiger partial charge in [-0.15, -0.1) is 0 Å². The molecule has 1 aromatic rings. The predicted molar refractivity (Wildman–Crippen MR) is 82.1 cm³/mol. The number of hydrogen-bond acceptors (Lipinski definition) is 3. The van der Waals surface area contributed by atoms with Crippen LogP contribution in [0.2, 0.25) is 0 Å². The third-order valence-electron chi connectivity index (χ3n) is 4.85. The van der Waals surface area contributed by atoms with Crippen LogP contribution in [0, 0.1) is 11.7 Å². The molecule has 0 bridgehead atoms. The molecule has 0 aromatic heterocycles. The Kier molecular flexibility index (Phi) is 5.42. The fourth-order valence-corrected chi connectivity index (χ4v) is 3.72. The van der Waals surface area contributed by atoms with E-state index in [2.05, 4.69) is 10.2 Å². The zero-order valence-corrected chi connectivity index (χ0v) is 13.4. The van der Waals surface area contributed by atoms with Gasteiger partial charge in [0, 0.05) is 45.4 Å². The van der Waals surface area contributed by atoms with E-state index >= 15 is 0 Å². The molecule has 3 nitrogen and oxygen atoms in total. The number of piperazine rings is 1. The lowest BCUT2D eigenvalue weighted by atomic mass is 9.85. The molecule has 134 valence electrons. The van der Waals surface area contributed by atoms with Gasteiger partial charge in [-0.3, -0.25) is 4.90 Å². The molecule has 2 aliphatic heterocycles. The highest BCUT2D eigenvalue weighted by Gasteiger charge is 2.35. The highest BCUT2D eigenvalue weighted by Crippen LogP contribution is 2.38. The Bertz CT molecular complexity index is 534. The van der Waals surface area contributed by atoms with Gasteiger partial charge >= 0.3 is 6.18 Å². The van der Waals surface area contributed by atoms with Gasteiger partial charge in [0.25, 0.3) is 0 Å². The van der Waals surface area contributed by atoms with Crippen molar-refractivity contribution in [2.24, 2.45) is 5.92 Å². The van der Waals surface area contributed by atoms with E-state index in [1.807, 2.05) is 0 Å². The van der Waals surface area contributed by atoms with Crippen molar-refractivity contribution < 1.29 is 22.3 Å². The van der Waals surface area contributed by atoms with Gasteiger partial charge in [-0.1, -0.05) is 0 Å². The van der Waals surface area contributed by atoms with Gasteiger partial charge in [0.05, 0.1) is 5.56 Å². The van der Waals surface area contributed by atoms with E-state index < -0.39 is 17.6 Å². The SMILES string of the molecule is Fc1cc([C@H](C2CCOCC2)N2CCNCC2)cc(C(F)(F)F)c1. The quantitative estimate of drug-likeness (QED) is 0.851. The van der Waals surface area contributed by atoms with Crippen molar-refractivity contribution >= 4 is 0 Å². The molecule has 7 heteroatoms. The van der Waals surface area contributed by atoms with Gasteiger partial charge in [-0.05, 0) is 42.5 Å². The molecule has 0 unspecified atom stereocenters. The summed E-state index contributed by atoms with van der Waals surface area (Å²) in [5.74, 6) is -0.647. The maximum absolute atomic E-state index is 13.9. The molecule has 0 radical (unpaired) electrons. The fourth-order valence-electron chi connectivity index (χ4n) is 3.72. The minimum Gasteiger partial charge on any atom is -0.381 e. The molecule has 0 spiro atoms. The van der Waals surface area contributed by atoms with Gasteiger partial charge in [0.2, 0.25) is 0 Å². The first-order valence-electron chi connectivity index (χ1n) is 8.35. The number of nitrogens with one attached hydrogen (secondary N) is 1. The Labute approximate surface area is 139 Å². The van der Waals surface area contributed by atoms with Gasteiger partial charge in [0.1, 0.15) is 5.82 Å². The molecular formula is C17H22F4N2O. The maximum atomic E-state index is 13.9. The predicted octanol–water partition coefficient (Wildman–Crippen LogP) is 3.22. The second-order valence-electron chi connectivity index (χ2n) is 6.45. The van der Waals surface area contributed by atoms with Crippen LogP contribution in [0.25, 0.3) is 0 Å². The first kappa shape index (κ1) is 17.6. The van der Waals surface area contributed by atoms with Crippen LogP contribution >= 0.6 is 0 Å². The van der Waals surface area contributed by atoms with Crippen molar-refractivity contribution in [3.8, 4) is 0 Å². The first-order chi connectivity index (χ1) is 11.4. The average Bonchev–Trinajstić information content (AvgIpc) is 2.56. The summed E-state index contributed by atoms with van der Waals surface area (Å²) in [5.41, 5.74) is -0.485. The van der Waals surface area contributed by atoms with Crippen molar-refractivity contribution in [2.45, 2.75) is 25.1 Å². The molecule has 0 aliphatic carbocycles. The topological polar surface area (TPSA) is 24.5 Å². The van der Waals surface area contributed by atoms with Crippen molar-refractivity contribution in [1.82, 2.24) is 10.2 Å². The van der Waals surface area contributed by atoms with E-state index in [9.17, 15) is 17.6 Å². The Morgan fingerprint density at radius 3 is 2.38 bits per heavy atom. The molecule has 2 saturated heterocycles. The lowest BCUT2D eigenvalue weighted by molar-refractivity contribution is -0.137. The number of rotatable bonds is 3. The Morgan fingerprint density at radius 2 is 1.75 bits per heavy atom. The highest BCUT2D eigenvalue weighted by atomic mass is 19.4. The van der Waals surface area contributed by atoms with E-state index in [1.165, 1.54) is 6.07 Å². The van der Waals surface area contributed by atoms with Crippen molar-refractivity contribution in [3.05, 3.63) is 35.1 Å². The number of benzene rings is 1. The van der Waals surface area contributed by atoms with E-state index in [0.29, 0.717) is 24.8 Å². The monoisotopic (exact) mass is 346 g/mol. The van der Waals surface area contributed by atoms with Crippen LogP contribution in [0.15, 0.2) is 18.2 Å². The van der Waals surface area contributed by atoms with E-state index in [1.54, 1.807) is 0 Å². The molecule has 2 heterocycles. The number of alkyl halides is 3. The smallest absolute Gasteiger partial charge is 0.381 e. The number of nitrogens with zero attached hydrogens (tertiary/aromatic N) is 1. The van der Waals surface area contributed by atoms with E-state index in [0.717, 1.165) is 45.1 Å². The number of halogens is 4. The van der Waals surface area contributed by atoms with Crippen LogP contribution in [0.4, 0.5) is 17.6 Å². The second-order valence-corrected chi connectivity index (χ2v) is 6.45. The normalized spacial score (nSPS) is 22.5. The van der Waals surface area contributed by atoms with Crippen LogP contribution in [0.3, 0.4) is 0 Å². The zero-order chi connectivity index (χ0) is 17.2. The minimum absolute atomic E-state index is 0.180. The van der Waals surface area contributed by atoms with Crippen LogP contribution in [0.1, 0.15) is 30.0 Å².